The minimum absolute atomic E-state index is 0.0254. The zero-order chi connectivity index (χ0) is 38.8. The molecule has 0 bridgehead atoms. The summed E-state index contributed by atoms with van der Waals surface area (Å²) in [6, 6.07) is 4.83. The van der Waals surface area contributed by atoms with E-state index in [1.807, 2.05) is 0 Å². The van der Waals surface area contributed by atoms with E-state index in [2.05, 4.69) is 24.9 Å². The SMILES string of the molecule is Cn1nc(NS(C)(=O)=O)c2c(Cl)ccc(-c3cc4sc(=O)[nH]c4nc3[C@@H](Cc3cc(F)cc(F)c3)C(C(N)=O)n3nc(C(F)F)c4c3C(F)(F)[C@@H]3C[C@H]43)c21. The summed E-state index contributed by atoms with van der Waals surface area (Å²) in [4.78, 5) is 33.0. The highest BCUT2D eigenvalue weighted by atomic mass is 35.5. The quantitative estimate of drug-likeness (QED) is 0.138. The second-order valence-electron chi connectivity index (χ2n) is 13.3. The standard InChI is InChI=1S/C33H25ClF6N8O4S2/c1-47-25-14(3-4-19(34)22(25)31(45-47)46-54(2,51)52)15-10-20-30(43-32(50)53-20)42-23(15)17(7-11-5-12(35)8-13(36)6-11)26(29(41)49)48-27-21(24(44-48)28(37)38)16-9-18(16)33(27,39)40/h3-6,8,10,16-18,26,28H,7,9H2,1-2H3,(H2,41,49)(H,45,46)(H,42,43,50)/t16-,17+,18+,26?/m0/s1. The third-order valence-electron chi connectivity index (χ3n) is 9.74. The lowest BCUT2D eigenvalue weighted by Crippen LogP contribution is -2.37. The summed E-state index contributed by atoms with van der Waals surface area (Å²) in [5, 5.41) is 8.36. The first-order valence-electron chi connectivity index (χ1n) is 16.0. The Morgan fingerprint density at radius 1 is 1.13 bits per heavy atom. The molecule has 2 aliphatic rings. The Bertz CT molecular complexity index is 2730. The van der Waals surface area contributed by atoms with Gasteiger partial charge in [0.15, 0.2) is 11.5 Å². The predicted octanol–water partition coefficient (Wildman–Crippen LogP) is 6.24. The Morgan fingerprint density at radius 3 is 2.48 bits per heavy atom. The number of nitrogens with one attached hydrogen (secondary N) is 2. The number of hydrogen-bond acceptors (Lipinski definition) is 8. The van der Waals surface area contributed by atoms with Crippen LogP contribution in [0.4, 0.5) is 32.2 Å². The van der Waals surface area contributed by atoms with Crippen LogP contribution in [0.3, 0.4) is 0 Å². The number of amides is 1. The van der Waals surface area contributed by atoms with Crippen molar-refractivity contribution in [2.45, 2.75) is 43.1 Å². The number of primary amides is 1. The number of thiazole rings is 1. The number of nitrogens with two attached hydrogens (primary N) is 1. The largest absolute Gasteiger partial charge is 0.368 e. The number of sulfonamides is 1. The molecule has 1 saturated carbocycles. The first-order chi connectivity index (χ1) is 25.3. The molecule has 4 atom stereocenters. The molecule has 6 aromatic rings. The maximum Gasteiger partial charge on any atom is 0.306 e. The first-order valence-corrected chi connectivity index (χ1v) is 19.1. The molecule has 0 saturated heterocycles. The van der Waals surface area contributed by atoms with E-state index < -0.39 is 86.4 Å². The van der Waals surface area contributed by atoms with Crippen LogP contribution in [-0.4, -0.2) is 50.1 Å². The number of fused-ring (bicyclic) bond motifs is 5. The van der Waals surface area contributed by atoms with E-state index in [0.29, 0.717) is 10.7 Å². The van der Waals surface area contributed by atoms with Crippen LogP contribution < -0.4 is 15.3 Å². The minimum Gasteiger partial charge on any atom is -0.368 e. The number of anilines is 1. The van der Waals surface area contributed by atoms with Crippen LogP contribution in [0.2, 0.25) is 5.02 Å². The fraction of sp³-hybridized carbons (Fsp3) is 0.303. The van der Waals surface area contributed by atoms with Crippen molar-refractivity contribution in [1.29, 1.82) is 0 Å². The van der Waals surface area contributed by atoms with E-state index in [1.54, 1.807) is 0 Å². The number of carbonyl (C=O) groups is 1. The van der Waals surface area contributed by atoms with Crippen molar-refractivity contribution in [1.82, 2.24) is 29.5 Å². The monoisotopic (exact) mass is 810 g/mol. The fourth-order valence-electron chi connectivity index (χ4n) is 7.68. The summed E-state index contributed by atoms with van der Waals surface area (Å²) in [7, 11) is -2.41. The summed E-state index contributed by atoms with van der Waals surface area (Å²) in [6.07, 6.45) is -3.01. The van der Waals surface area contributed by atoms with Gasteiger partial charge in [-0.3, -0.25) is 24.0 Å². The highest BCUT2D eigenvalue weighted by molar-refractivity contribution is 7.92. The fourth-order valence-corrected chi connectivity index (χ4v) is 9.14. The van der Waals surface area contributed by atoms with E-state index in [4.69, 9.17) is 17.3 Å². The van der Waals surface area contributed by atoms with Crippen LogP contribution in [0, 0.1) is 17.6 Å². The van der Waals surface area contributed by atoms with Crippen molar-refractivity contribution >= 4 is 65.9 Å². The number of aryl methyl sites for hydroxylation is 1. The van der Waals surface area contributed by atoms with Gasteiger partial charge in [0, 0.05) is 41.6 Å². The topological polar surface area (TPSA) is 171 Å². The lowest BCUT2D eigenvalue weighted by Gasteiger charge is -2.29. The normalized spacial score (nSPS) is 18.6. The second-order valence-corrected chi connectivity index (χ2v) is 16.5. The molecule has 0 spiro atoms. The zero-order valence-electron chi connectivity index (χ0n) is 27.7. The Morgan fingerprint density at radius 2 is 1.83 bits per heavy atom. The molecule has 21 heteroatoms. The molecule has 0 radical (unpaired) electrons. The molecular weight excluding hydrogens is 786 g/mol. The molecule has 282 valence electrons. The summed E-state index contributed by atoms with van der Waals surface area (Å²) < 4.78 is 119. The van der Waals surface area contributed by atoms with Gasteiger partial charge in [-0.05, 0) is 48.6 Å². The van der Waals surface area contributed by atoms with Crippen LogP contribution in [0.25, 0.3) is 32.4 Å². The first kappa shape index (κ1) is 36.0. The van der Waals surface area contributed by atoms with Gasteiger partial charge in [0.25, 0.3) is 12.3 Å². The lowest BCUT2D eigenvalue weighted by atomic mass is 9.84. The van der Waals surface area contributed by atoms with Crippen LogP contribution in [-0.2, 0) is 34.2 Å². The number of aromatic nitrogens is 6. The van der Waals surface area contributed by atoms with Crippen molar-refractivity contribution in [3.05, 3.63) is 90.9 Å². The lowest BCUT2D eigenvalue weighted by molar-refractivity contribution is -0.122. The Labute approximate surface area is 309 Å². The van der Waals surface area contributed by atoms with E-state index in [-0.39, 0.29) is 66.5 Å². The molecule has 12 nitrogen and oxygen atoms in total. The third-order valence-corrected chi connectivity index (χ3v) is 11.4. The summed E-state index contributed by atoms with van der Waals surface area (Å²) in [5.41, 5.74) is 4.00. The van der Waals surface area contributed by atoms with Crippen LogP contribution in [0.15, 0.2) is 41.2 Å². The summed E-state index contributed by atoms with van der Waals surface area (Å²) in [5.74, 6) is -11.0. The predicted molar refractivity (Wildman–Crippen MR) is 186 cm³/mol. The van der Waals surface area contributed by atoms with Crippen molar-refractivity contribution in [2.24, 2.45) is 18.7 Å². The van der Waals surface area contributed by atoms with Crippen molar-refractivity contribution in [3.8, 4) is 11.1 Å². The van der Waals surface area contributed by atoms with E-state index in [1.165, 1.54) is 29.9 Å². The molecule has 2 aliphatic carbocycles. The van der Waals surface area contributed by atoms with Gasteiger partial charge in [-0.15, -0.1) is 0 Å². The van der Waals surface area contributed by atoms with Crippen molar-refractivity contribution in [3.63, 3.8) is 0 Å². The Balaban J connectivity index is 1.45. The van der Waals surface area contributed by atoms with Gasteiger partial charge in [-0.2, -0.15) is 19.0 Å². The van der Waals surface area contributed by atoms with Gasteiger partial charge in [0.1, 0.15) is 29.1 Å². The third kappa shape index (κ3) is 5.81. The average Bonchev–Trinajstić information content (AvgIpc) is 3.35. The van der Waals surface area contributed by atoms with E-state index in [0.717, 1.165) is 29.7 Å². The molecule has 1 amide bonds. The number of alkyl halides is 4. The van der Waals surface area contributed by atoms with Crippen LogP contribution in [0.5, 0.6) is 0 Å². The highest BCUT2D eigenvalue weighted by Gasteiger charge is 2.67. The molecule has 0 aliphatic heterocycles. The molecular formula is C33H25ClF6N8O4S2. The van der Waals surface area contributed by atoms with Crippen molar-refractivity contribution < 1.29 is 39.6 Å². The molecule has 54 heavy (non-hydrogen) atoms. The summed E-state index contributed by atoms with van der Waals surface area (Å²) in [6.45, 7) is 0. The smallest absolute Gasteiger partial charge is 0.306 e. The number of nitrogens with zero attached hydrogens (tertiary/aromatic N) is 5. The van der Waals surface area contributed by atoms with Crippen LogP contribution in [0.1, 0.15) is 58.9 Å². The van der Waals surface area contributed by atoms with E-state index >= 15 is 8.78 Å². The number of halogens is 7. The number of benzene rings is 2. The van der Waals surface area contributed by atoms with Gasteiger partial charge in [0.2, 0.25) is 15.9 Å². The van der Waals surface area contributed by atoms with Crippen molar-refractivity contribution in [2.75, 3.05) is 11.0 Å². The highest BCUT2D eigenvalue weighted by Crippen LogP contribution is 2.68. The minimum atomic E-state index is -3.88. The van der Waals surface area contributed by atoms with Gasteiger partial charge in [0.05, 0.1) is 32.6 Å². The van der Waals surface area contributed by atoms with Gasteiger partial charge >= 0.3 is 4.87 Å². The van der Waals surface area contributed by atoms with Gasteiger partial charge < -0.3 is 5.73 Å². The summed E-state index contributed by atoms with van der Waals surface area (Å²) >= 11 is 7.32. The molecule has 4 N–H and O–H groups in total. The van der Waals surface area contributed by atoms with Gasteiger partial charge in [-0.25, -0.2) is 35.6 Å². The molecule has 1 unspecified atom stereocenters. The molecule has 4 heterocycles. The zero-order valence-corrected chi connectivity index (χ0v) is 30.1. The number of rotatable bonds is 10. The average molecular weight is 811 g/mol. The number of hydrogen-bond donors (Lipinski definition) is 3. The number of H-pyrrole nitrogens is 1. The molecule has 8 rings (SSSR count). The molecule has 2 aromatic carbocycles. The van der Waals surface area contributed by atoms with E-state index in [9.17, 15) is 35.6 Å². The Kier molecular flexibility index (Phi) is 8.20. The Hall–Kier alpha value is -4.95. The molecule has 1 fully saturated rings. The molecule has 4 aromatic heterocycles. The maximum atomic E-state index is 16.0. The van der Waals surface area contributed by atoms with Crippen LogP contribution >= 0.6 is 22.9 Å². The number of carbonyl (C=O) groups excluding carboxylic acids is 1. The number of aromatic amines is 1. The number of pyridine rings is 1. The van der Waals surface area contributed by atoms with Gasteiger partial charge in [-0.1, -0.05) is 29.0 Å². The maximum absolute atomic E-state index is 16.0. The second kappa shape index (κ2) is 12.3.